The first kappa shape index (κ1) is 21.2. The molecule has 4 rings (SSSR count). The van der Waals surface area contributed by atoms with Gasteiger partial charge in [-0.15, -0.1) is 0 Å². The molecule has 0 N–H and O–H groups in total. The number of aliphatic imine (C=N–C) groups is 1. The maximum atomic E-state index is 13.8. The summed E-state index contributed by atoms with van der Waals surface area (Å²) in [5, 5.41) is 11.0. The van der Waals surface area contributed by atoms with E-state index in [1.807, 2.05) is 0 Å². The van der Waals surface area contributed by atoms with Crippen LogP contribution in [0.3, 0.4) is 0 Å². The number of nitro groups is 1. The van der Waals surface area contributed by atoms with Crippen LogP contribution < -0.4 is 4.74 Å². The molecule has 0 radical (unpaired) electrons. The lowest BCUT2D eigenvalue weighted by Crippen LogP contribution is -2.06. The Balaban J connectivity index is 1.55. The summed E-state index contributed by atoms with van der Waals surface area (Å²) in [7, 11) is 0. The van der Waals surface area contributed by atoms with Gasteiger partial charge in [-0.25, -0.2) is 14.2 Å². The van der Waals surface area contributed by atoms with Crippen LogP contribution in [0.4, 0.5) is 10.1 Å². The average Bonchev–Trinajstić information content (AvgIpc) is 3.13. The first-order valence-electron chi connectivity index (χ1n) is 9.34. The average molecular weight is 453 g/mol. The van der Waals surface area contributed by atoms with Gasteiger partial charge in [0.05, 0.1) is 4.92 Å². The van der Waals surface area contributed by atoms with Gasteiger partial charge in [0.25, 0.3) is 5.69 Å². The van der Waals surface area contributed by atoms with E-state index in [1.54, 1.807) is 42.5 Å². The predicted octanol–water partition coefficient (Wildman–Crippen LogP) is 5.31. The highest BCUT2D eigenvalue weighted by atomic mass is 35.5. The van der Waals surface area contributed by atoms with Crippen LogP contribution >= 0.6 is 11.6 Å². The van der Waals surface area contributed by atoms with E-state index in [0.29, 0.717) is 16.9 Å². The molecule has 0 saturated carbocycles. The molecule has 160 valence electrons. The van der Waals surface area contributed by atoms with Crippen molar-refractivity contribution >= 4 is 35.2 Å². The van der Waals surface area contributed by atoms with Crippen LogP contribution in [0.15, 0.2) is 77.4 Å². The molecule has 0 aromatic heterocycles. The van der Waals surface area contributed by atoms with E-state index >= 15 is 0 Å². The molecule has 0 fully saturated rings. The molecule has 0 unspecified atom stereocenters. The molecular weight excluding hydrogens is 439 g/mol. The zero-order valence-corrected chi connectivity index (χ0v) is 17.1. The number of cyclic esters (lactones) is 1. The van der Waals surface area contributed by atoms with Crippen molar-refractivity contribution in [2.24, 2.45) is 4.99 Å². The summed E-state index contributed by atoms with van der Waals surface area (Å²) in [4.78, 5) is 26.8. The fourth-order valence-corrected chi connectivity index (χ4v) is 3.13. The Hall–Kier alpha value is -4.04. The molecular formula is C23H14ClFN2O5. The molecule has 0 amide bonds. The van der Waals surface area contributed by atoms with Crippen molar-refractivity contribution < 1.29 is 23.6 Å². The number of hydrogen-bond acceptors (Lipinski definition) is 6. The maximum absolute atomic E-state index is 13.8. The third-order valence-corrected chi connectivity index (χ3v) is 4.84. The van der Waals surface area contributed by atoms with Crippen LogP contribution in [-0.4, -0.2) is 16.8 Å². The lowest BCUT2D eigenvalue weighted by atomic mass is 10.2. The van der Waals surface area contributed by atoms with E-state index in [-0.39, 0.29) is 40.3 Å². The second-order valence-electron chi connectivity index (χ2n) is 6.71. The van der Waals surface area contributed by atoms with Gasteiger partial charge in [-0.2, -0.15) is 0 Å². The van der Waals surface area contributed by atoms with Crippen molar-refractivity contribution in [3.05, 3.63) is 110 Å². The topological polar surface area (TPSA) is 91.0 Å². The molecule has 3 aromatic rings. The second-order valence-corrected chi connectivity index (χ2v) is 7.12. The molecule has 1 aliphatic rings. The zero-order chi connectivity index (χ0) is 22.7. The van der Waals surface area contributed by atoms with Crippen molar-refractivity contribution in [3.8, 4) is 5.75 Å². The second kappa shape index (κ2) is 8.99. The monoisotopic (exact) mass is 452 g/mol. The molecule has 0 saturated heterocycles. The summed E-state index contributed by atoms with van der Waals surface area (Å²) < 4.78 is 24.6. The number of rotatable bonds is 6. The van der Waals surface area contributed by atoms with E-state index in [4.69, 9.17) is 21.1 Å². The summed E-state index contributed by atoms with van der Waals surface area (Å²) in [6, 6.07) is 17.1. The molecule has 32 heavy (non-hydrogen) atoms. The Bertz CT molecular complexity index is 1290. The standard InChI is InChI=1S/C23H14ClFN2O5/c24-18-9-8-15(12-21(18)27(29)30)22-26-20(23(28)32-22)11-14-4-3-6-17(10-14)31-13-16-5-1-2-7-19(16)25/h1-12H,13H2/b20-11-. The Kier molecular flexibility index (Phi) is 5.96. The van der Waals surface area contributed by atoms with E-state index in [1.165, 1.54) is 30.3 Å². The number of carbonyl (C=O) groups is 1. The molecule has 1 heterocycles. The summed E-state index contributed by atoms with van der Waals surface area (Å²) in [5.41, 5.74) is 0.973. The largest absolute Gasteiger partial charge is 0.489 e. The van der Waals surface area contributed by atoms with Gasteiger partial charge in [-0.1, -0.05) is 41.9 Å². The number of carbonyl (C=O) groups excluding carboxylic acids is 1. The molecule has 3 aromatic carbocycles. The minimum absolute atomic E-state index is 0.0175. The smallest absolute Gasteiger partial charge is 0.363 e. The highest BCUT2D eigenvalue weighted by Crippen LogP contribution is 2.28. The summed E-state index contributed by atoms with van der Waals surface area (Å²) in [5.74, 6) is -0.640. The summed E-state index contributed by atoms with van der Waals surface area (Å²) >= 11 is 5.82. The lowest BCUT2D eigenvalue weighted by molar-refractivity contribution is -0.384. The SMILES string of the molecule is O=C1OC(c2ccc(Cl)c([N+](=O)[O-])c2)=N/C1=C\c1cccc(OCc2ccccc2F)c1. The molecule has 0 aliphatic carbocycles. The first-order valence-corrected chi connectivity index (χ1v) is 9.71. The van der Waals surface area contributed by atoms with Crippen molar-refractivity contribution in [3.63, 3.8) is 0 Å². The molecule has 9 heteroatoms. The number of halogens is 2. The highest BCUT2D eigenvalue weighted by molar-refractivity contribution is 6.32. The fourth-order valence-electron chi connectivity index (χ4n) is 2.95. The number of nitro benzene ring substituents is 1. The van der Waals surface area contributed by atoms with Gasteiger partial charge in [0.1, 0.15) is 23.2 Å². The Morgan fingerprint density at radius 2 is 1.94 bits per heavy atom. The Morgan fingerprint density at radius 1 is 1.12 bits per heavy atom. The van der Waals surface area contributed by atoms with Crippen molar-refractivity contribution in [1.29, 1.82) is 0 Å². The lowest BCUT2D eigenvalue weighted by Gasteiger charge is -2.07. The first-order chi connectivity index (χ1) is 15.4. The van der Waals surface area contributed by atoms with E-state index in [9.17, 15) is 19.3 Å². The number of esters is 1. The van der Waals surface area contributed by atoms with Gasteiger partial charge in [0.15, 0.2) is 5.70 Å². The van der Waals surface area contributed by atoms with E-state index in [2.05, 4.69) is 4.99 Å². The number of benzene rings is 3. The van der Waals surface area contributed by atoms with Gasteiger partial charge in [-0.05, 0) is 42.0 Å². The van der Waals surface area contributed by atoms with Crippen LogP contribution in [0.1, 0.15) is 16.7 Å². The highest BCUT2D eigenvalue weighted by Gasteiger charge is 2.26. The number of hydrogen-bond donors (Lipinski definition) is 0. The molecule has 0 bridgehead atoms. The van der Waals surface area contributed by atoms with E-state index < -0.39 is 10.9 Å². The molecule has 0 atom stereocenters. The number of nitrogens with zero attached hydrogens (tertiary/aromatic N) is 2. The number of ether oxygens (including phenoxy) is 2. The van der Waals surface area contributed by atoms with Gasteiger partial charge in [0.2, 0.25) is 5.90 Å². The minimum atomic E-state index is -0.699. The molecule has 7 nitrogen and oxygen atoms in total. The molecule has 1 aliphatic heterocycles. The maximum Gasteiger partial charge on any atom is 0.363 e. The fraction of sp³-hybridized carbons (Fsp3) is 0.0435. The van der Waals surface area contributed by atoms with Crippen LogP contribution in [0.2, 0.25) is 5.02 Å². The Labute approximate surface area is 186 Å². The third kappa shape index (κ3) is 4.65. The van der Waals surface area contributed by atoms with Crippen LogP contribution in [-0.2, 0) is 16.1 Å². The van der Waals surface area contributed by atoms with Crippen LogP contribution in [0.25, 0.3) is 6.08 Å². The Morgan fingerprint density at radius 3 is 2.72 bits per heavy atom. The predicted molar refractivity (Wildman–Crippen MR) is 116 cm³/mol. The summed E-state index contributed by atoms with van der Waals surface area (Å²) in [6.45, 7) is 0.0480. The van der Waals surface area contributed by atoms with Gasteiger partial charge < -0.3 is 9.47 Å². The third-order valence-electron chi connectivity index (χ3n) is 4.52. The quantitative estimate of drug-likeness (QED) is 0.219. The van der Waals surface area contributed by atoms with Crippen molar-refractivity contribution in [2.45, 2.75) is 6.61 Å². The van der Waals surface area contributed by atoms with E-state index in [0.717, 1.165) is 0 Å². The van der Waals surface area contributed by atoms with Crippen molar-refractivity contribution in [1.82, 2.24) is 0 Å². The van der Waals surface area contributed by atoms with Crippen molar-refractivity contribution in [2.75, 3.05) is 0 Å². The molecule has 0 spiro atoms. The van der Waals surface area contributed by atoms with Crippen LogP contribution in [0.5, 0.6) is 5.75 Å². The normalized spacial score (nSPS) is 14.2. The minimum Gasteiger partial charge on any atom is -0.489 e. The zero-order valence-electron chi connectivity index (χ0n) is 16.3. The van der Waals surface area contributed by atoms with Gasteiger partial charge >= 0.3 is 5.97 Å². The van der Waals surface area contributed by atoms with Crippen LogP contribution in [0, 0.1) is 15.9 Å². The van der Waals surface area contributed by atoms with Gasteiger partial charge in [0, 0.05) is 17.2 Å². The van der Waals surface area contributed by atoms with Gasteiger partial charge in [-0.3, -0.25) is 10.1 Å². The summed E-state index contributed by atoms with van der Waals surface area (Å²) in [6.07, 6.45) is 1.50.